The molecular formula is C19H24N2O5. The highest BCUT2D eigenvalue weighted by Gasteiger charge is 2.27. The van der Waals surface area contributed by atoms with Gasteiger partial charge in [0.05, 0.1) is 0 Å². The molecule has 0 bridgehead atoms. The Labute approximate surface area is 153 Å². The number of carboxylic acids is 2. The summed E-state index contributed by atoms with van der Waals surface area (Å²) >= 11 is 0. The smallest absolute Gasteiger partial charge is 0.328 e. The Balaban J connectivity index is 0.000000359. The number of aliphatic hydroxyl groups is 1. The van der Waals surface area contributed by atoms with Crippen molar-refractivity contribution in [2.24, 2.45) is 0 Å². The number of aromatic nitrogens is 1. The molecule has 7 nitrogen and oxygen atoms in total. The molecule has 0 spiro atoms. The lowest BCUT2D eigenvalue weighted by atomic mass is 9.91. The third-order valence-electron chi connectivity index (χ3n) is 4.04. The topological polar surface area (TPSA) is 111 Å². The SMILES string of the molecule is C#CC(C)(O)Cc1ccncc1C1CCCN1C.O=C(O)/C=C/C(=O)O. The Morgan fingerprint density at radius 3 is 2.50 bits per heavy atom. The van der Waals surface area contributed by atoms with E-state index >= 15 is 0 Å². The van der Waals surface area contributed by atoms with Gasteiger partial charge in [-0.25, -0.2) is 9.59 Å². The number of hydrogen-bond donors (Lipinski definition) is 3. The van der Waals surface area contributed by atoms with Crippen LogP contribution in [-0.2, 0) is 16.0 Å². The molecule has 1 aromatic rings. The van der Waals surface area contributed by atoms with Gasteiger partial charge in [0.1, 0.15) is 5.60 Å². The van der Waals surface area contributed by atoms with Crippen LogP contribution in [0.1, 0.15) is 36.9 Å². The van der Waals surface area contributed by atoms with E-state index in [2.05, 4.69) is 22.9 Å². The summed E-state index contributed by atoms with van der Waals surface area (Å²) in [6.07, 6.45) is 13.0. The number of rotatable bonds is 5. The van der Waals surface area contributed by atoms with Crippen LogP contribution < -0.4 is 0 Å². The van der Waals surface area contributed by atoms with Gasteiger partial charge < -0.3 is 15.3 Å². The third kappa shape index (κ3) is 7.05. The van der Waals surface area contributed by atoms with E-state index in [9.17, 15) is 14.7 Å². The molecule has 1 aliphatic rings. The molecule has 7 heteroatoms. The van der Waals surface area contributed by atoms with Crippen LogP contribution in [0.3, 0.4) is 0 Å². The van der Waals surface area contributed by atoms with E-state index < -0.39 is 17.5 Å². The number of carboxylic acid groups (broad SMARTS) is 2. The molecule has 26 heavy (non-hydrogen) atoms. The minimum absolute atomic E-state index is 0.405. The summed E-state index contributed by atoms with van der Waals surface area (Å²) in [5.41, 5.74) is 1.22. The monoisotopic (exact) mass is 360 g/mol. The first-order valence-electron chi connectivity index (χ1n) is 8.13. The molecule has 1 saturated heterocycles. The van der Waals surface area contributed by atoms with Gasteiger partial charge in [0.25, 0.3) is 0 Å². The van der Waals surface area contributed by atoms with E-state index in [1.54, 1.807) is 13.1 Å². The van der Waals surface area contributed by atoms with Crippen molar-refractivity contribution >= 4 is 11.9 Å². The first-order valence-corrected chi connectivity index (χ1v) is 8.13. The Morgan fingerprint density at radius 1 is 1.42 bits per heavy atom. The number of likely N-dealkylation sites (tertiary alicyclic amines) is 1. The van der Waals surface area contributed by atoms with Crippen LogP contribution in [0.4, 0.5) is 0 Å². The quantitative estimate of drug-likeness (QED) is 0.539. The van der Waals surface area contributed by atoms with Crippen LogP contribution in [-0.4, -0.2) is 56.3 Å². The second kappa shape index (κ2) is 9.70. The van der Waals surface area contributed by atoms with E-state index in [0.29, 0.717) is 24.6 Å². The molecule has 0 aliphatic carbocycles. The zero-order valence-electron chi connectivity index (χ0n) is 14.9. The van der Waals surface area contributed by atoms with Crippen LogP contribution in [0, 0.1) is 12.3 Å². The van der Waals surface area contributed by atoms with E-state index in [1.807, 2.05) is 12.3 Å². The molecular weight excluding hydrogens is 336 g/mol. The van der Waals surface area contributed by atoms with Crippen LogP contribution >= 0.6 is 0 Å². The Kier molecular flexibility index (Phi) is 7.97. The van der Waals surface area contributed by atoms with Crippen molar-refractivity contribution in [1.29, 1.82) is 0 Å². The van der Waals surface area contributed by atoms with Gasteiger partial charge in [0.2, 0.25) is 0 Å². The van der Waals surface area contributed by atoms with Crippen molar-refractivity contribution in [1.82, 2.24) is 9.88 Å². The largest absolute Gasteiger partial charge is 0.478 e. The second-order valence-electron chi connectivity index (χ2n) is 6.32. The molecule has 1 fully saturated rings. The minimum Gasteiger partial charge on any atom is -0.478 e. The highest BCUT2D eigenvalue weighted by molar-refractivity contribution is 5.89. The average molecular weight is 360 g/mol. The van der Waals surface area contributed by atoms with Gasteiger partial charge in [-0.05, 0) is 50.6 Å². The summed E-state index contributed by atoms with van der Waals surface area (Å²) in [6.45, 7) is 2.79. The van der Waals surface area contributed by atoms with Crippen molar-refractivity contribution in [3.8, 4) is 12.3 Å². The third-order valence-corrected chi connectivity index (χ3v) is 4.04. The molecule has 2 unspecified atom stereocenters. The fraction of sp³-hybridized carbons (Fsp3) is 0.421. The molecule has 2 heterocycles. The molecule has 0 saturated carbocycles. The maximum Gasteiger partial charge on any atom is 0.328 e. The molecule has 2 rings (SSSR count). The van der Waals surface area contributed by atoms with Gasteiger partial charge in [-0.3, -0.25) is 9.88 Å². The first-order chi connectivity index (χ1) is 12.2. The summed E-state index contributed by atoms with van der Waals surface area (Å²) in [6, 6.07) is 2.37. The maximum atomic E-state index is 10.0. The van der Waals surface area contributed by atoms with Crippen LogP contribution in [0.2, 0.25) is 0 Å². The highest BCUT2D eigenvalue weighted by atomic mass is 16.4. The molecule has 1 aliphatic heterocycles. The predicted molar refractivity (Wildman–Crippen MR) is 96.4 cm³/mol. The highest BCUT2D eigenvalue weighted by Crippen LogP contribution is 2.33. The zero-order chi connectivity index (χ0) is 19.7. The molecule has 140 valence electrons. The lowest BCUT2D eigenvalue weighted by Gasteiger charge is -2.24. The molecule has 0 aromatic carbocycles. The van der Waals surface area contributed by atoms with Gasteiger partial charge in [0, 0.05) is 37.0 Å². The van der Waals surface area contributed by atoms with Crippen LogP contribution in [0.25, 0.3) is 0 Å². The first kappa shape index (κ1) is 21.4. The Morgan fingerprint density at radius 2 is 2.04 bits per heavy atom. The lowest BCUT2D eigenvalue weighted by molar-refractivity contribution is -0.134. The number of hydrogen-bond acceptors (Lipinski definition) is 5. The molecule has 2 atom stereocenters. The summed E-state index contributed by atoms with van der Waals surface area (Å²) in [7, 11) is 2.13. The van der Waals surface area contributed by atoms with Crippen molar-refractivity contribution in [2.45, 2.75) is 37.8 Å². The normalized spacial score (nSPS) is 19.2. The fourth-order valence-electron chi connectivity index (χ4n) is 2.76. The Hall–Kier alpha value is -2.69. The van der Waals surface area contributed by atoms with Crippen molar-refractivity contribution in [3.05, 3.63) is 41.7 Å². The van der Waals surface area contributed by atoms with Crippen molar-refractivity contribution in [3.63, 3.8) is 0 Å². The maximum absolute atomic E-state index is 10.0. The lowest BCUT2D eigenvalue weighted by Crippen LogP contribution is -2.26. The number of nitrogens with zero attached hydrogens (tertiary/aromatic N) is 2. The molecule has 0 amide bonds. The molecule has 0 radical (unpaired) electrons. The number of aliphatic carboxylic acids is 2. The van der Waals surface area contributed by atoms with Crippen LogP contribution in [0.15, 0.2) is 30.6 Å². The van der Waals surface area contributed by atoms with Gasteiger partial charge in [-0.2, -0.15) is 0 Å². The molecule has 3 N–H and O–H groups in total. The van der Waals surface area contributed by atoms with E-state index in [4.69, 9.17) is 16.6 Å². The summed E-state index contributed by atoms with van der Waals surface area (Å²) < 4.78 is 0. The van der Waals surface area contributed by atoms with E-state index in [1.165, 1.54) is 12.0 Å². The standard InChI is InChI=1S/C15H20N2O.C4H4O4/c1-4-15(2,18)10-12-7-8-16-11-13(12)14-6-5-9-17(14)3;5-3(6)1-2-4(7)8/h1,7-8,11,14,18H,5-6,9-10H2,2-3H3;1-2H,(H,5,6)(H,7,8)/b;2-1+. The van der Waals surface area contributed by atoms with E-state index in [0.717, 1.165) is 18.5 Å². The summed E-state index contributed by atoms with van der Waals surface area (Å²) in [4.78, 5) is 25.7. The predicted octanol–water partition coefficient (Wildman–Crippen LogP) is 1.49. The average Bonchev–Trinajstić information content (AvgIpc) is 3.00. The second-order valence-corrected chi connectivity index (χ2v) is 6.32. The van der Waals surface area contributed by atoms with Gasteiger partial charge in [0.15, 0.2) is 0 Å². The number of terminal acetylenes is 1. The van der Waals surface area contributed by atoms with Crippen LogP contribution in [0.5, 0.6) is 0 Å². The summed E-state index contributed by atoms with van der Waals surface area (Å²) in [5, 5.41) is 25.7. The van der Waals surface area contributed by atoms with Crippen molar-refractivity contribution in [2.75, 3.05) is 13.6 Å². The van der Waals surface area contributed by atoms with E-state index in [-0.39, 0.29) is 0 Å². The van der Waals surface area contributed by atoms with Gasteiger partial charge in [-0.15, -0.1) is 6.42 Å². The Bertz CT molecular complexity index is 690. The van der Waals surface area contributed by atoms with Crippen molar-refractivity contribution < 1.29 is 24.9 Å². The summed E-state index contributed by atoms with van der Waals surface area (Å²) in [5.74, 6) is -0.0737. The molecule has 1 aromatic heterocycles. The van der Waals surface area contributed by atoms with Gasteiger partial charge >= 0.3 is 11.9 Å². The number of pyridine rings is 1. The fourth-order valence-corrected chi connectivity index (χ4v) is 2.76. The zero-order valence-corrected chi connectivity index (χ0v) is 14.9. The number of carbonyl (C=O) groups is 2. The minimum atomic E-state index is -1.26. The van der Waals surface area contributed by atoms with Gasteiger partial charge in [-0.1, -0.05) is 5.92 Å².